The lowest BCUT2D eigenvalue weighted by Gasteiger charge is -2.23. The Morgan fingerprint density at radius 1 is 1.23 bits per heavy atom. The summed E-state index contributed by atoms with van der Waals surface area (Å²) in [4.78, 5) is 13.8. The van der Waals surface area contributed by atoms with E-state index in [0.29, 0.717) is 19.6 Å². The third-order valence-electron chi connectivity index (χ3n) is 3.22. The number of carbonyl (C=O) groups is 1. The summed E-state index contributed by atoms with van der Waals surface area (Å²) in [5.74, 6) is -0.230. The topological polar surface area (TPSA) is 66.9 Å². The molecule has 0 saturated heterocycles. The Bertz CT molecular complexity index is 560. The van der Waals surface area contributed by atoms with Crippen LogP contribution in [-0.2, 0) is 26.1 Å². The molecule has 0 radical (unpaired) electrons. The third-order valence-corrected chi connectivity index (χ3v) is 4.47. The van der Waals surface area contributed by atoms with E-state index in [1.54, 1.807) is 14.2 Å². The number of ether oxygens (including phenoxy) is 1. The van der Waals surface area contributed by atoms with Gasteiger partial charge in [-0.3, -0.25) is 4.79 Å². The number of hydrogen-bond donors (Lipinski definition) is 0. The Morgan fingerprint density at radius 3 is 2.41 bits per heavy atom. The van der Waals surface area contributed by atoms with Crippen LogP contribution in [0.25, 0.3) is 0 Å². The standard InChI is InChI=1S/C15H24N2O4S/c1-16(12-14-8-5-4-6-9-14)15(18)13-17(22(3,19)20)10-7-11-21-2/h4-6,8-9H,7,10-13H2,1-3H3. The number of sulfonamides is 1. The summed E-state index contributed by atoms with van der Waals surface area (Å²) in [6.07, 6.45) is 1.67. The molecule has 0 aliphatic heterocycles. The number of amides is 1. The normalized spacial score (nSPS) is 11.6. The highest BCUT2D eigenvalue weighted by Gasteiger charge is 2.21. The minimum Gasteiger partial charge on any atom is -0.385 e. The predicted octanol–water partition coefficient (Wildman–Crippen LogP) is 0.943. The predicted molar refractivity (Wildman–Crippen MR) is 85.8 cm³/mol. The minimum atomic E-state index is -3.42. The number of rotatable bonds is 9. The molecule has 0 heterocycles. The summed E-state index contributed by atoms with van der Waals surface area (Å²) in [6, 6.07) is 9.57. The maximum absolute atomic E-state index is 12.2. The first-order chi connectivity index (χ1) is 10.3. The molecule has 0 aromatic heterocycles. The van der Waals surface area contributed by atoms with Crippen LogP contribution in [0.3, 0.4) is 0 Å². The van der Waals surface area contributed by atoms with E-state index in [1.807, 2.05) is 30.3 Å². The van der Waals surface area contributed by atoms with Crippen molar-refractivity contribution in [3.63, 3.8) is 0 Å². The zero-order chi connectivity index (χ0) is 16.6. The van der Waals surface area contributed by atoms with Gasteiger partial charge in [0.2, 0.25) is 15.9 Å². The van der Waals surface area contributed by atoms with Crippen LogP contribution < -0.4 is 0 Å². The first-order valence-corrected chi connectivity index (χ1v) is 8.91. The van der Waals surface area contributed by atoms with E-state index in [4.69, 9.17) is 4.74 Å². The fourth-order valence-electron chi connectivity index (χ4n) is 1.96. The number of benzene rings is 1. The van der Waals surface area contributed by atoms with Crippen molar-refractivity contribution in [2.75, 3.05) is 40.1 Å². The van der Waals surface area contributed by atoms with Crippen LogP contribution in [0.15, 0.2) is 30.3 Å². The maximum Gasteiger partial charge on any atom is 0.237 e. The number of methoxy groups -OCH3 is 1. The van der Waals surface area contributed by atoms with E-state index in [-0.39, 0.29) is 19.0 Å². The number of nitrogens with zero attached hydrogens (tertiary/aromatic N) is 2. The molecule has 0 fully saturated rings. The molecule has 0 atom stereocenters. The van der Waals surface area contributed by atoms with Crippen LogP contribution in [0, 0.1) is 0 Å². The lowest BCUT2D eigenvalue weighted by molar-refractivity contribution is -0.130. The van der Waals surface area contributed by atoms with Crippen LogP contribution in [-0.4, -0.2) is 63.6 Å². The largest absolute Gasteiger partial charge is 0.385 e. The van der Waals surface area contributed by atoms with Gasteiger partial charge in [-0.2, -0.15) is 4.31 Å². The van der Waals surface area contributed by atoms with Crippen molar-refractivity contribution in [1.82, 2.24) is 9.21 Å². The van der Waals surface area contributed by atoms with Gasteiger partial charge in [0.1, 0.15) is 0 Å². The van der Waals surface area contributed by atoms with Gasteiger partial charge in [0.25, 0.3) is 0 Å². The highest BCUT2D eigenvalue weighted by atomic mass is 32.2. The van der Waals surface area contributed by atoms with E-state index in [9.17, 15) is 13.2 Å². The van der Waals surface area contributed by atoms with Crippen molar-refractivity contribution >= 4 is 15.9 Å². The molecule has 22 heavy (non-hydrogen) atoms. The smallest absolute Gasteiger partial charge is 0.237 e. The Morgan fingerprint density at radius 2 is 1.86 bits per heavy atom. The molecule has 6 nitrogen and oxygen atoms in total. The van der Waals surface area contributed by atoms with Crippen LogP contribution in [0.4, 0.5) is 0 Å². The molecule has 1 rings (SSSR count). The summed E-state index contributed by atoms with van der Waals surface area (Å²) in [5.41, 5.74) is 1.00. The van der Waals surface area contributed by atoms with Crippen molar-refractivity contribution < 1.29 is 17.9 Å². The maximum atomic E-state index is 12.2. The first kappa shape index (κ1) is 18.6. The van der Waals surface area contributed by atoms with Gasteiger partial charge in [-0.1, -0.05) is 30.3 Å². The van der Waals surface area contributed by atoms with Crippen molar-refractivity contribution in [3.8, 4) is 0 Å². The highest BCUT2D eigenvalue weighted by Crippen LogP contribution is 2.06. The van der Waals surface area contributed by atoms with Crippen molar-refractivity contribution in [3.05, 3.63) is 35.9 Å². The van der Waals surface area contributed by atoms with Crippen LogP contribution in [0.1, 0.15) is 12.0 Å². The Labute approximate surface area is 132 Å². The van der Waals surface area contributed by atoms with E-state index in [0.717, 1.165) is 11.8 Å². The molecule has 1 amide bonds. The second-order valence-electron chi connectivity index (χ2n) is 5.18. The van der Waals surface area contributed by atoms with Crippen LogP contribution in [0.2, 0.25) is 0 Å². The summed E-state index contributed by atoms with van der Waals surface area (Å²) in [7, 11) is -0.186. The minimum absolute atomic E-state index is 0.147. The molecule has 0 aliphatic rings. The molecule has 0 bridgehead atoms. The van der Waals surface area contributed by atoms with Gasteiger partial charge in [0.15, 0.2) is 0 Å². The van der Waals surface area contributed by atoms with Crippen molar-refractivity contribution in [2.45, 2.75) is 13.0 Å². The van der Waals surface area contributed by atoms with Crippen molar-refractivity contribution in [2.24, 2.45) is 0 Å². The quantitative estimate of drug-likeness (QED) is 0.633. The second-order valence-corrected chi connectivity index (χ2v) is 7.16. The van der Waals surface area contributed by atoms with Gasteiger partial charge in [-0.25, -0.2) is 8.42 Å². The van der Waals surface area contributed by atoms with E-state index >= 15 is 0 Å². The molecule has 0 saturated carbocycles. The summed E-state index contributed by atoms with van der Waals surface area (Å²) < 4.78 is 29.6. The second kappa shape index (κ2) is 8.87. The van der Waals surface area contributed by atoms with Gasteiger partial charge >= 0.3 is 0 Å². The molecule has 7 heteroatoms. The van der Waals surface area contributed by atoms with Gasteiger partial charge in [0.05, 0.1) is 12.8 Å². The summed E-state index contributed by atoms with van der Waals surface area (Å²) in [6.45, 7) is 1.04. The number of likely N-dealkylation sites (N-methyl/N-ethyl adjacent to an activating group) is 1. The summed E-state index contributed by atoms with van der Waals surface area (Å²) in [5, 5.41) is 0. The average molecular weight is 328 g/mol. The summed E-state index contributed by atoms with van der Waals surface area (Å²) >= 11 is 0. The molecular weight excluding hydrogens is 304 g/mol. The van der Waals surface area contributed by atoms with Crippen LogP contribution in [0.5, 0.6) is 0 Å². The molecule has 124 valence electrons. The third kappa shape index (κ3) is 6.55. The Kier molecular flexibility index (Phi) is 7.50. The zero-order valence-corrected chi connectivity index (χ0v) is 14.2. The Hall–Kier alpha value is -1.44. The molecular formula is C15H24N2O4S. The fourth-order valence-corrected chi connectivity index (χ4v) is 2.77. The molecule has 0 N–H and O–H groups in total. The monoisotopic (exact) mass is 328 g/mol. The van der Waals surface area contributed by atoms with E-state index in [2.05, 4.69) is 0 Å². The first-order valence-electron chi connectivity index (χ1n) is 7.06. The van der Waals surface area contributed by atoms with Gasteiger partial charge in [0, 0.05) is 33.9 Å². The average Bonchev–Trinajstić information content (AvgIpc) is 2.46. The highest BCUT2D eigenvalue weighted by molar-refractivity contribution is 7.88. The zero-order valence-electron chi connectivity index (χ0n) is 13.4. The fraction of sp³-hybridized carbons (Fsp3) is 0.533. The van der Waals surface area contributed by atoms with Gasteiger partial charge in [-0.15, -0.1) is 0 Å². The molecule has 1 aromatic carbocycles. The number of carbonyl (C=O) groups excluding carboxylic acids is 1. The number of hydrogen-bond acceptors (Lipinski definition) is 4. The lowest BCUT2D eigenvalue weighted by atomic mass is 10.2. The Balaban J connectivity index is 2.61. The molecule has 1 aromatic rings. The lowest BCUT2D eigenvalue weighted by Crippen LogP contribution is -2.41. The van der Waals surface area contributed by atoms with E-state index in [1.165, 1.54) is 9.21 Å². The van der Waals surface area contributed by atoms with E-state index < -0.39 is 10.0 Å². The molecule has 0 spiro atoms. The van der Waals surface area contributed by atoms with Crippen LogP contribution >= 0.6 is 0 Å². The molecule has 0 aliphatic carbocycles. The van der Waals surface area contributed by atoms with Gasteiger partial charge < -0.3 is 9.64 Å². The van der Waals surface area contributed by atoms with Crippen molar-refractivity contribution in [1.29, 1.82) is 0 Å². The SMILES string of the molecule is COCCCN(CC(=O)N(C)Cc1ccccc1)S(C)(=O)=O. The van der Waals surface area contributed by atoms with Gasteiger partial charge in [-0.05, 0) is 12.0 Å². The molecule has 0 unspecified atom stereocenters.